The van der Waals surface area contributed by atoms with Gasteiger partial charge in [-0.05, 0) is 39.2 Å². The molecule has 3 heteroatoms. The first-order valence-corrected chi connectivity index (χ1v) is 5.76. The van der Waals surface area contributed by atoms with Gasteiger partial charge < -0.3 is 10.0 Å². The van der Waals surface area contributed by atoms with Crippen molar-refractivity contribution in [3.05, 3.63) is 0 Å². The number of aliphatic hydroxyl groups excluding tert-OH is 1. The van der Waals surface area contributed by atoms with Crippen molar-refractivity contribution in [2.75, 3.05) is 19.6 Å². The average Bonchev–Trinajstić information content (AvgIpc) is 2.20. The summed E-state index contributed by atoms with van der Waals surface area (Å²) in [5, 5.41) is 18.5. The number of aliphatic hydroxyl groups is 1. The van der Waals surface area contributed by atoms with Crippen molar-refractivity contribution >= 4 is 0 Å². The zero-order chi connectivity index (χ0) is 11.5. The fourth-order valence-corrected chi connectivity index (χ4v) is 1.92. The zero-order valence-electron chi connectivity index (χ0n) is 10.0. The number of hydrogen-bond acceptors (Lipinski definition) is 3. The molecule has 1 aliphatic rings. The van der Waals surface area contributed by atoms with Crippen molar-refractivity contribution in [3.63, 3.8) is 0 Å². The summed E-state index contributed by atoms with van der Waals surface area (Å²) < 4.78 is 0. The lowest BCUT2D eigenvalue weighted by atomic mass is 9.90. The molecule has 15 heavy (non-hydrogen) atoms. The molecule has 1 N–H and O–H groups in total. The summed E-state index contributed by atoms with van der Waals surface area (Å²) in [4.78, 5) is 2.36. The van der Waals surface area contributed by atoms with Crippen LogP contribution in [0.3, 0.4) is 0 Å². The third-order valence-corrected chi connectivity index (χ3v) is 3.30. The van der Waals surface area contributed by atoms with Crippen molar-refractivity contribution in [3.8, 4) is 6.07 Å². The van der Waals surface area contributed by atoms with Crippen LogP contribution in [-0.4, -0.2) is 35.7 Å². The van der Waals surface area contributed by atoms with Gasteiger partial charge in [-0.2, -0.15) is 5.26 Å². The Morgan fingerprint density at radius 2 is 2.20 bits per heavy atom. The van der Waals surface area contributed by atoms with Crippen molar-refractivity contribution < 1.29 is 5.11 Å². The van der Waals surface area contributed by atoms with Crippen LogP contribution in [0.15, 0.2) is 0 Å². The van der Waals surface area contributed by atoms with Crippen molar-refractivity contribution in [2.24, 2.45) is 11.3 Å². The van der Waals surface area contributed by atoms with E-state index < -0.39 is 0 Å². The number of piperidine rings is 1. The van der Waals surface area contributed by atoms with Gasteiger partial charge in [-0.3, -0.25) is 0 Å². The summed E-state index contributed by atoms with van der Waals surface area (Å²) in [7, 11) is 0. The molecule has 2 unspecified atom stereocenters. The minimum Gasteiger partial charge on any atom is -0.393 e. The third-order valence-electron chi connectivity index (χ3n) is 3.30. The first-order valence-electron chi connectivity index (χ1n) is 5.76. The molecule has 1 fully saturated rings. The summed E-state index contributed by atoms with van der Waals surface area (Å²) in [5.41, 5.74) is -0.223. The van der Waals surface area contributed by atoms with E-state index in [0.29, 0.717) is 5.92 Å². The van der Waals surface area contributed by atoms with Crippen LogP contribution in [-0.2, 0) is 0 Å². The molecule has 0 saturated carbocycles. The molecule has 0 aromatic carbocycles. The van der Waals surface area contributed by atoms with E-state index in [0.717, 1.165) is 32.5 Å². The number of rotatable bonds is 3. The maximum Gasteiger partial charge on any atom is 0.0684 e. The van der Waals surface area contributed by atoms with Crippen LogP contribution in [0.5, 0.6) is 0 Å². The van der Waals surface area contributed by atoms with Gasteiger partial charge in [0.05, 0.1) is 17.6 Å². The molecule has 0 spiro atoms. The molecule has 0 radical (unpaired) electrons. The van der Waals surface area contributed by atoms with E-state index in [4.69, 9.17) is 5.26 Å². The molecule has 0 aromatic rings. The molecular formula is C12H22N2O. The highest BCUT2D eigenvalue weighted by atomic mass is 16.3. The van der Waals surface area contributed by atoms with E-state index in [1.165, 1.54) is 0 Å². The number of nitrogens with zero attached hydrogens (tertiary/aromatic N) is 2. The minimum atomic E-state index is -0.223. The first-order chi connectivity index (χ1) is 6.94. The third kappa shape index (κ3) is 3.81. The van der Waals surface area contributed by atoms with E-state index in [2.05, 4.69) is 17.9 Å². The lowest BCUT2D eigenvalue weighted by Gasteiger charge is -2.35. The van der Waals surface area contributed by atoms with E-state index in [-0.39, 0.29) is 11.5 Å². The highest BCUT2D eigenvalue weighted by Crippen LogP contribution is 2.22. The topological polar surface area (TPSA) is 47.3 Å². The lowest BCUT2D eigenvalue weighted by molar-refractivity contribution is 0.0324. The Labute approximate surface area is 92.7 Å². The van der Waals surface area contributed by atoms with Gasteiger partial charge in [0.15, 0.2) is 0 Å². The first kappa shape index (κ1) is 12.5. The van der Waals surface area contributed by atoms with Crippen LogP contribution in [0.4, 0.5) is 0 Å². The maximum absolute atomic E-state index is 9.59. The number of nitriles is 1. The summed E-state index contributed by atoms with van der Waals surface area (Å²) in [6, 6.07) is 2.32. The van der Waals surface area contributed by atoms with Gasteiger partial charge in [-0.15, -0.1) is 0 Å². The summed E-state index contributed by atoms with van der Waals surface area (Å²) in [6.07, 6.45) is 1.64. The molecule has 0 aromatic heterocycles. The van der Waals surface area contributed by atoms with Gasteiger partial charge in [-0.25, -0.2) is 0 Å². The Morgan fingerprint density at radius 3 is 2.73 bits per heavy atom. The normalized spacial score (nSPS) is 28.7. The second-order valence-electron chi connectivity index (χ2n) is 5.38. The molecule has 3 nitrogen and oxygen atoms in total. The molecule has 1 saturated heterocycles. The van der Waals surface area contributed by atoms with Crippen molar-refractivity contribution in [1.29, 1.82) is 5.26 Å². The quantitative estimate of drug-likeness (QED) is 0.770. The van der Waals surface area contributed by atoms with E-state index in [9.17, 15) is 5.11 Å². The van der Waals surface area contributed by atoms with Crippen LogP contribution in [0, 0.1) is 22.7 Å². The Morgan fingerprint density at radius 1 is 1.53 bits per heavy atom. The van der Waals surface area contributed by atoms with Crippen LogP contribution in [0.25, 0.3) is 0 Å². The van der Waals surface area contributed by atoms with Crippen LogP contribution in [0.2, 0.25) is 0 Å². The van der Waals surface area contributed by atoms with Gasteiger partial charge >= 0.3 is 0 Å². The largest absolute Gasteiger partial charge is 0.393 e. The Hall–Kier alpha value is -0.590. The Kier molecular flexibility index (Phi) is 4.12. The summed E-state index contributed by atoms with van der Waals surface area (Å²) in [6.45, 7) is 8.95. The van der Waals surface area contributed by atoms with Crippen LogP contribution >= 0.6 is 0 Å². The zero-order valence-corrected chi connectivity index (χ0v) is 10.0. The number of likely N-dealkylation sites (tertiary alicyclic amines) is 1. The molecule has 1 aliphatic heterocycles. The fraction of sp³-hybridized carbons (Fsp3) is 0.917. The highest BCUT2D eigenvalue weighted by Gasteiger charge is 2.25. The van der Waals surface area contributed by atoms with Gasteiger partial charge in [-0.1, -0.05) is 6.92 Å². The van der Waals surface area contributed by atoms with Crippen molar-refractivity contribution in [2.45, 2.75) is 39.7 Å². The molecule has 0 bridgehead atoms. The summed E-state index contributed by atoms with van der Waals surface area (Å²) >= 11 is 0. The van der Waals surface area contributed by atoms with Crippen molar-refractivity contribution in [1.82, 2.24) is 4.90 Å². The monoisotopic (exact) mass is 210 g/mol. The maximum atomic E-state index is 9.59. The molecule has 86 valence electrons. The number of hydrogen-bond donors (Lipinski definition) is 1. The summed E-state index contributed by atoms with van der Waals surface area (Å²) in [5.74, 6) is 0.365. The molecular weight excluding hydrogens is 188 g/mol. The standard InChI is InChI=1S/C12H22N2O/c1-10-8-14(6-4-11(10)15)7-5-12(2,3)9-13/h10-11,15H,4-8H2,1-3H3. The fourth-order valence-electron chi connectivity index (χ4n) is 1.92. The second kappa shape index (κ2) is 4.96. The molecule has 0 amide bonds. The molecule has 1 rings (SSSR count). The van der Waals surface area contributed by atoms with Gasteiger partial charge in [0.2, 0.25) is 0 Å². The van der Waals surface area contributed by atoms with Crippen LogP contribution < -0.4 is 0 Å². The molecule has 1 heterocycles. The van der Waals surface area contributed by atoms with Gasteiger partial charge in [0.1, 0.15) is 0 Å². The van der Waals surface area contributed by atoms with Gasteiger partial charge in [0, 0.05) is 13.1 Å². The van der Waals surface area contributed by atoms with Crippen LogP contribution in [0.1, 0.15) is 33.6 Å². The predicted octanol–water partition coefficient (Wildman–Crippen LogP) is 1.63. The predicted molar refractivity (Wildman–Crippen MR) is 60.2 cm³/mol. The highest BCUT2D eigenvalue weighted by molar-refractivity contribution is 4.92. The van der Waals surface area contributed by atoms with E-state index in [1.807, 2.05) is 13.8 Å². The molecule has 0 aliphatic carbocycles. The Bertz CT molecular complexity index is 244. The SMILES string of the molecule is CC1CN(CCC(C)(C)C#N)CCC1O. The van der Waals surface area contributed by atoms with E-state index >= 15 is 0 Å². The smallest absolute Gasteiger partial charge is 0.0684 e. The van der Waals surface area contributed by atoms with Gasteiger partial charge in [0.25, 0.3) is 0 Å². The minimum absolute atomic E-state index is 0.134. The average molecular weight is 210 g/mol. The lowest BCUT2D eigenvalue weighted by Crippen LogP contribution is -2.42. The van der Waals surface area contributed by atoms with E-state index in [1.54, 1.807) is 0 Å². The molecule has 2 atom stereocenters. The Balaban J connectivity index is 2.32. The second-order valence-corrected chi connectivity index (χ2v) is 5.38.